The number of hydrogen-bond acceptors (Lipinski definition) is 4. The maximum absolute atomic E-state index is 11.5. The molecular formula is C13H16N2O3. The van der Waals surface area contributed by atoms with Crippen LogP contribution in [0.25, 0.3) is 11.0 Å². The van der Waals surface area contributed by atoms with Gasteiger partial charge in [0.2, 0.25) is 0 Å². The Balaban J connectivity index is 2.21. The van der Waals surface area contributed by atoms with Crippen molar-refractivity contribution in [3.8, 4) is 6.01 Å². The number of carbonyl (C=O) groups excluding carboxylic acids is 1. The van der Waals surface area contributed by atoms with E-state index in [-0.39, 0.29) is 5.97 Å². The van der Waals surface area contributed by atoms with Gasteiger partial charge in [0.05, 0.1) is 17.6 Å². The van der Waals surface area contributed by atoms with Crippen LogP contribution in [0.15, 0.2) is 24.3 Å². The molecule has 2 aromatic rings. The molecule has 1 unspecified atom stereocenters. The molecule has 0 aliphatic rings. The number of benzene rings is 1. The van der Waals surface area contributed by atoms with Crippen molar-refractivity contribution in [2.45, 2.75) is 20.0 Å². The third-order valence-corrected chi connectivity index (χ3v) is 2.65. The summed E-state index contributed by atoms with van der Waals surface area (Å²) in [4.78, 5) is 15.8. The summed E-state index contributed by atoms with van der Waals surface area (Å²) in [6, 6.07) is 8.11. The van der Waals surface area contributed by atoms with Gasteiger partial charge >= 0.3 is 5.97 Å². The Kier molecular flexibility index (Phi) is 3.50. The number of aryl methyl sites for hydroxylation is 1. The number of para-hydroxylation sites is 2. The Morgan fingerprint density at radius 1 is 1.44 bits per heavy atom. The number of ether oxygens (including phenoxy) is 2. The van der Waals surface area contributed by atoms with Crippen molar-refractivity contribution in [1.29, 1.82) is 0 Å². The second-order valence-electron chi connectivity index (χ2n) is 3.95. The molecule has 0 saturated carbocycles. The molecule has 0 aliphatic heterocycles. The zero-order chi connectivity index (χ0) is 13.1. The number of hydrogen-bond donors (Lipinski definition) is 0. The van der Waals surface area contributed by atoms with E-state index < -0.39 is 6.10 Å². The van der Waals surface area contributed by atoms with Crippen molar-refractivity contribution in [2.24, 2.45) is 7.05 Å². The number of esters is 1. The predicted octanol–water partition coefficient (Wildman–Crippen LogP) is 1.90. The molecule has 18 heavy (non-hydrogen) atoms. The summed E-state index contributed by atoms with van der Waals surface area (Å²) >= 11 is 0. The van der Waals surface area contributed by atoms with Crippen LogP contribution < -0.4 is 4.74 Å². The van der Waals surface area contributed by atoms with E-state index in [1.54, 1.807) is 13.8 Å². The molecular weight excluding hydrogens is 232 g/mol. The van der Waals surface area contributed by atoms with Gasteiger partial charge in [-0.3, -0.25) is 4.57 Å². The Morgan fingerprint density at radius 2 is 2.17 bits per heavy atom. The monoisotopic (exact) mass is 248 g/mol. The smallest absolute Gasteiger partial charge is 0.347 e. The van der Waals surface area contributed by atoms with Gasteiger partial charge in [0.25, 0.3) is 6.01 Å². The van der Waals surface area contributed by atoms with E-state index >= 15 is 0 Å². The highest BCUT2D eigenvalue weighted by atomic mass is 16.6. The van der Waals surface area contributed by atoms with Crippen molar-refractivity contribution in [3.05, 3.63) is 24.3 Å². The molecule has 96 valence electrons. The first kappa shape index (κ1) is 12.4. The second kappa shape index (κ2) is 5.08. The number of carbonyl (C=O) groups is 1. The topological polar surface area (TPSA) is 53.4 Å². The molecule has 0 fully saturated rings. The molecule has 0 N–H and O–H groups in total. The molecule has 1 aromatic heterocycles. The van der Waals surface area contributed by atoms with Crippen molar-refractivity contribution in [3.63, 3.8) is 0 Å². The number of rotatable bonds is 4. The normalized spacial score (nSPS) is 12.4. The molecule has 1 atom stereocenters. The van der Waals surface area contributed by atoms with E-state index in [4.69, 9.17) is 9.47 Å². The molecule has 0 radical (unpaired) electrons. The molecule has 0 bridgehead atoms. The zero-order valence-corrected chi connectivity index (χ0v) is 10.7. The summed E-state index contributed by atoms with van der Waals surface area (Å²) in [6.45, 7) is 3.76. The first-order valence-electron chi connectivity index (χ1n) is 5.88. The lowest BCUT2D eigenvalue weighted by molar-refractivity contribution is -0.150. The van der Waals surface area contributed by atoms with Gasteiger partial charge in [0, 0.05) is 7.05 Å². The summed E-state index contributed by atoms with van der Waals surface area (Å²) in [6.07, 6.45) is -0.666. The van der Waals surface area contributed by atoms with Crippen LogP contribution in [0.5, 0.6) is 6.01 Å². The highest BCUT2D eigenvalue weighted by Crippen LogP contribution is 2.20. The molecule has 1 heterocycles. The van der Waals surface area contributed by atoms with Crippen molar-refractivity contribution < 1.29 is 14.3 Å². The van der Waals surface area contributed by atoms with Crippen LogP contribution in [0.2, 0.25) is 0 Å². The fourth-order valence-corrected chi connectivity index (χ4v) is 1.69. The van der Waals surface area contributed by atoms with E-state index in [0.717, 1.165) is 11.0 Å². The molecule has 2 rings (SSSR count). The average Bonchev–Trinajstić information content (AvgIpc) is 2.67. The Labute approximate surface area is 105 Å². The van der Waals surface area contributed by atoms with E-state index in [2.05, 4.69) is 4.98 Å². The first-order chi connectivity index (χ1) is 8.63. The number of nitrogens with zero attached hydrogens (tertiary/aromatic N) is 2. The third-order valence-electron chi connectivity index (χ3n) is 2.65. The summed E-state index contributed by atoms with van der Waals surface area (Å²) in [5.74, 6) is -0.385. The fraction of sp³-hybridized carbons (Fsp3) is 0.385. The van der Waals surface area contributed by atoms with Crippen LogP contribution in [0, 0.1) is 0 Å². The lowest BCUT2D eigenvalue weighted by Gasteiger charge is -2.12. The van der Waals surface area contributed by atoms with Gasteiger partial charge < -0.3 is 9.47 Å². The van der Waals surface area contributed by atoms with E-state index in [1.165, 1.54) is 0 Å². The maximum atomic E-state index is 11.5. The van der Waals surface area contributed by atoms with Crippen molar-refractivity contribution in [2.75, 3.05) is 6.61 Å². The molecule has 0 aliphatic carbocycles. The zero-order valence-electron chi connectivity index (χ0n) is 10.7. The summed E-state index contributed by atoms with van der Waals surface area (Å²) in [5, 5.41) is 0. The molecule has 5 nitrogen and oxygen atoms in total. The number of fused-ring (bicyclic) bond motifs is 1. The quantitative estimate of drug-likeness (QED) is 0.775. The standard InChI is InChI=1S/C13H16N2O3/c1-4-17-12(16)9(2)18-13-14-10-7-5-6-8-11(10)15(13)3/h5-9H,4H2,1-3H3. The molecule has 0 spiro atoms. The minimum atomic E-state index is -0.666. The van der Waals surface area contributed by atoms with Gasteiger partial charge in [0.15, 0.2) is 6.10 Å². The molecule has 0 saturated heterocycles. The summed E-state index contributed by atoms with van der Waals surface area (Å²) in [7, 11) is 1.85. The van der Waals surface area contributed by atoms with E-state index in [1.807, 2.05) is 35.9 Å². The van der Waals surface area contributed by atoms with Crippen LogP contribution in [-0.4, -0.2) is 28.2 Å². The Hall–Kier alpha value is -2.04. The van der Waals surface area contributed by atoms with Crippen molar-refractivity contribution >= 4 is 17.0 Å². The lowest BCUT2D eigenvalue weighted by atomic mass is 10.3. The first-order valence-corrected chi connectivity index (χ1v) is 5.88. The molecule has 5 heteroatoms. The number of imidazole rings is 1. The third kappa shape index (κ3) is 2.30. The van der Waals surface area contributed by atoms with Crippen LogP contribution >= 0.6 is 0 Å². The lowest BCUT2D eigenvalue weighted by Crippen LogP contribution is -2.27. The van der Waals surface area contributed by atoms with Gasteiger partial charge in [-0.2, -0.15) is 4.98 Å². The summed E-state index contributed by atoms with van der Waals surface area (Å²) < 4.78 is 12.2. The largest absolute Gasteiger partial charge is 0.463 e. The SMILES string of the molecule is CCOC(=O)C(C)Oc1nc2ccccc2n1C. The highest BCUT2D eigenvalue weighted by molar-refractivity contribution is 5.77. The predicted molar refractivity (Wildman–Crippen MR) is 67.4 cm³/mol. The minimum absolute atomic E-state index is 0.342. The molecule has 0 amide bonds. The summed E-state index contributed by atoms with van der Waals surface area (Å²) in [5.41, 5.74) is 1.80. The van der Waals surface area contributed by atoms with Gasteiger partial charge in [-0.1, -0.05) is 12.1 Å². The van der Waals surface area contributed by atoms with Gasteiger partial charge in [-0.25, -0.2) is 4.79 Å². The van der Waals surface area contributed by atoms with E-state index in [0.29, 0.717) is 12.6 Å². The number of aromatic nitrogens is 2. The average molecular weight is 248 g/mol. The molecule has 1 aromatic carbocycles. The van der Waals surface area contributed by atoms with Gasteiger partial charge in [0.1, 0.15) is 0 Å². The van der Waals surface area contributed by atoms with Crippen LogP contribution in [-0.2, 0) is 16.6 Å². The second-order valence-corrected chi connectivity index (χ2v) is 3.95. The van der Waals surface area contributed by atoms with Crippen LogP contribution in [0.4, 0.5) is 0 Å². The Bertz CT molecular complexity index is 562. The van der Waals surface area contributed by atoms with Gasteiger partial charge in [-0.15, -0.1) is 0 Å². The highest BCUT2D eigenvalue weighted by Gasteiger charge is 2.18. The van der Waals surface area contributed by atoms with E-state index in [9.17, 15) is 4.79 Å². The minimum Gasteiger partial charge on any atom is -0.463 e. The fourth-order valence-electron chi connectivity index (χ4n) is 1.69. The van der Waals surface area contributed by atoms with Crippen molar-refractivity contribution in [1.82, 2.24) is 9.55 Å². The maximum Gasteiger partial charge on any atom is 0.347 e. The van der Waals surface area contributed by atoms with Gasteiger partial charge in [-0.05, 0) is 26.0 Å². The van der Waals surface area contributed by atoms with Crippen LogP contribution in [0.3, 0.4) is 0 Å². The Morgan fingerprint density at radius 3 is 2.83 bits per heavy atom. The van der Waals surface area contributed by atoms with Crippen LogP contribution in [0.1, 0.15) is 13.8 Å².